The summed E-state index contributed by atoms with van der Waals surface area (Å²) >= 11 is 0. The Kier molecular flexibility index (Phi) is 3.99. The summed E-state index contributed by atoms with van der Waals surface area (Å²) in [6, 6.07) is 4.25. The molecule has 5 heteroatoms. The van der Waals surface area contributed by atoms with Crippen LogP contribution >= 0.6 is 0 Å². The van der Waals surface area contributed by atoms with E-state index in [0.717, 1.165) is 0 Å². The van der Waals surface area contributed by atoms with E-state index in [1.54, 1.807) is 6.92 Å². The number of nitro benzene ring substituents is 1. The molecule has 0 aromatic heterocycles. The third kappa shape index (κ3) is 2.56. The standard InChI is InChI=1S/C11H14N2O3/c1-3-11(14)9-6-5-8(13(15)16)7-10(9)12-4-2/h5-7,12H,3-4H2,1-2H3. The summed E-state index contributed by atoms with van der Waals surface area (Å²) in [4.78, 5) is 21.7. The molecule has 16 heavy (non-hydrogen) atoms. The normalized spacial score (nSPS) is 9.88. The molecule has 0 saturated heterocycles. The molecule has 0 saturated carbocycles. The molecule has 0 heterocycles. The average Bonchev–Trinajstić information content (AvgIpc) is 2.28. The monoisotopic (exact) mass is 222 g/mol. The summed E-state index contributed by atoms with van der Waals surface area (Å²) in [7, 11) is 0. The summed E-state index contributed by atoms with van der Waals surface area (Å²) in [5.74, 6) is -0.0224. The van der Waals surface area contributed by atoms with Gasteiger partial charge in [-0.25, -0.2) is 0 Å². The Morgan fingerprint density at radius 3 is 2.62 bits per heavy atom. The van der Waals surface area contributed by atoms with Gasteiger partial charge >= 0.3 is 0 Å². The molecule has 0 aliphatic rings. The van der Waals surface area contributed by atoms with Crippen LogP contribution in [0.25, 0.3) is 0 Å². The third-order valence-electron chi connectivity index (χ3n) is 2.20. The summed E-state index contributed by atoms with van der Waals surface area (Å²) in [5, 5.41) is 13.6. The van der Waals surface area contributed by atoms with E-state index >= 15 is 0 Å². The average molecular weight is 222 g/mol. The number of anilines is 1. The van der Waals surface area contributed by atoms with E-state index in [1.165, 1.54) is 18.2 Å². The van der Waals surface area contributed by atoms with Crippen LogP contribution in [0, 0.1) is 10.1 Å². The van der Waals surface area contributed by atoms with Crippen molar-refractivity contribution in [2.45, 2.75) is 20.3 Å². The van der Waals surface area contributed by atoms with E-state index in [2.05, 4.69) is 5.32 Å². The first kappa shape index (κ1) is 12.2. The number of nitro groups is 1. The van der Waals surface area contributed by atoms with Crippen molar-refractivity contribution in [1.82, 2.24) is 0 Å². The number of nitrogens with zero attached hydrogens (tertiary/aromatic N) is 1. The van der Waals surface area contributed by atoms with Gasteiger partial charge in [-0.1, -0.05) is 6.92 Å². The largest absolute Gasteiger partial charge is 0.385 e. The maximum absolute atomic E-state index is 11.6. The first-order chi connectivity index (χ1) is 7.60. The molecule has 0 aliphatic heterocycles. The van der Waals surface area contributed by atoms with Crippen molar-refractivity contribution in [3.8, 4) is 0 Å². The van der Waals surface area contributed by atoms with E-state index in [4.69, 9.17) is 0 Å². The number of hydrogen-bond acceptors (Lipinski definition) is 4. The fourth-order valence-electron chi connectivity index (χ4n) is 1.42. The fraction of sp³-hybridized carbons (Fsp3) is 0.364. The van der Waals surface area contributed by atoms with E-state index < -0.39 is 4.92 Å². The molecule has 0 unspecified atom stereocenters. The van der Waals surface area contributed by atoms with Crippen molar-refractivity contribution in [1.29, 1.82) is 0 Å². The topological polar surface area (TPSA) is 72.2 Å². The number of non-ortho nitro benzene ring substituents is 1. The Morgan fingerprint density at radius 2 is 2.12 bits per heavy atom. The number of benzene rings is 1. The van der Waals surface area contributed by atoms with Crippen molar-refractivity contribution in [3.63, 3.8) is 0 Å². The molecule has 1 aromatic rings. The van der Waals surface area contributed by atoms with Gasteiger partial charge in [0.1, 0.15) is 0 Å². The number of nitrogens with one attached hydrogen (secondary N) is 1. The van der Waals surface area contributed by atoms with E-state index in [9.17, 15) is 14.9 Å². The lowest BCUT2D eigenvalue weighted by Crippen LogP contribution is -2.06. The predicted molar refractivity (Wildman–Crippen MR) is 61.9 cm³/mol. The van der Waals surface area contributed by atoms with Crippen molar-refractivity contribution in [2.75, 3.05) is 11.9 Å². The van der Waals surface area contributed by atoms with Gasteiger partial charge in [0, 0.05) is 30.7 Å². The Labute approximate surface area is 93.6 Å². The third-order valence-corrected chi connectivity index (χ3v) is 2.20. The van der Waals surface area contributed by atoms with E-state index in [0.29, 0.717) is 24.2 Å². The second-order valence-electron chi connectivity index (χ2n) is 3.29. The molecule has 0 radical (unpaired) electrons. The molecular formula is C11H14N2O3. The molecule has 0 amide bonds. The van der Waals surface area contributed by atoms with Gasteiger partial charge in [-0.2, -0.15) is 0 Å². The molecule has 5 nitrogen and oxygen atoms in total. The second-order valence-corrected chi connectivity index (χ2v) is 3.29. The lowest BCUT2D eigenvalue weighted by Gasteiger charge is -2.08. The van der Waals surface area contributed by atoms with Crippen LogP contribution in [-0.4, -0.2) is 17.3 Å². The van der Waals surface area contributed by atoms with Gasteiger partial charge in [0.2, 0.25) is 0 Å². The fourth-order valence-corrected chi connectivity index (χ4v) is 1.42. The minimum atomic E-state index is -0.471. The van der Waals surface area contributed by atoms with Gasteiger partial charge in [-0.15, -0.1) is 0 Å². The van der Waals surface area contributed by atoms with Crippen LogP contribution in [-0.2, 0) is 0 Å². The van der Waals surface area contributed by atoms with Crippen molar-refractivity contribution in [2.24, 2.45) is 0 Å². The number of carbonyl (C=O) groups is 1. The van der Waals surface area contributed by atoms with Gasteiger partial charge in [-0.3, -0.25) is 14.9 Å². The van der Waals surface area contributed by atoms with Crippen molar-refractivity contribution >= 4 is 17.2 Å². The van der Waals surface area contributed by atoms with Gasteiger partial charge in [0.15, 0.2) is 5.78 Å². The van der Waals surface area contributed by atoms with Crippen LogP contribution in [0.2, 0.25) is 0 Å². The van der Waals surface area contributed by atoms with Gasteiger partial charge < -0.3 is 5.32 Å². The van der Waals surface area contributed by atoms with Crippen LogP contribution in [0.15, 0.2) is 18.2 Å². The van der Waals surface area contributed by atoms with Crippen LogP contribution in [0.4, 0.5) is 11.4 Å². The zero-order valence-corrected chi connectivity index (χ0v) is 9.32. The number of ketones is 1. The lowest BCUT2D eigenvalue weighted by atomic mass is 10.1. The predicted octanol–water partition coefficient (Wildman–Crippen LogP) is 2.62. The Bertz CT molecular complexity index is 416. The highest BCUT2D eigenvalue weighted by atomic mass is 16.6. The molecule has 0 atom stereocenters. The van der Waals surface area contributed by atoms with Crippen LogP contribution in [0.1, 0.15) is 30.6 Å². The van der Waals surface area contributed by atoms with E-state index in [-0.39, 0.29) is 11.5 Å². The minimum absolute atomic E-state index is 0.0106. The van der Waals surface area contributed by atoms with Crippen LogP contribution in [0.5, 0.6) is 0 Å². The molecule has 0 spiro atoms. The molecular weight excluding hydrogens is 208 g/mol. The Morgan fingerprint density at radius 1 is 1.44 bits per heavy atom. The van der Waals surface area contributed by atoms with Crippen molar-refractivity contribution < 1.29 is 9.72 Å². The highest BCUT2D eigenvalue weighted by molar-refractivity contribution is 6.01. The number of hydrogen-bond donors (Lipinski definition) is 1. The highest BCUT2D eigenvalue weighted by Crippen LogP contribution is 2.23. The SMILES string of the molecule is CCNc1cc([N+](=O)[O-])ccc1C(=O)CC. The van der Waals surface area contributed by atoms with Crippen LogP contribution in [0.3, 0.4) is 0 Å². The molecule has 0 aliphatic carbocycles. The summed E-state index contributed by atoms with van der Waals surface area (Å²) in [5.41, 5.74) is 1.03. The molecule has 1 aromatic carbocycles. The van der Waals surface area contributed by atoms with E-state index in [1.807, 2.05) is 6.92 Å². The van der Waals surface area contributed by atoms with Gasteiger partial charge in [0.25, 0.3) is 5.69 Å². The Hall–Kier alpha value is -1.91. The maximum atomic E-state index is 11.6. The quantitative estimate of drug-likeness (QED) is 0.472. The number of carbonyl (C=O) groups excluding carboxylic acids is 1. The lowest BCUT2D eigenvalue weighted by molar-refractivity contribution is -0.384. The molecule has 0 bridgehead atoms. The van der Waals surface area contributed by atoms with Crippen molar-refractivity contribution in [3.05, 3.63) is 33.9 Å². The van der Waals surface area contributed by atoms with Crippen LogP contribution < -0.4 is 5.32 Å². The van der Waals surface area contributed by atoms with Gasteiger partial charge in [0.05, 0.1) is 10.6 Å². The summed E-state index contributed by atoms with van der Waals surface area (Å²) < 4.78 is 0. The second kappa shape index (κ2) is 5.25. The maximum Gasteiger partial charge on any atom is 0.271 e. The molecule has 1 rings (SSSR count). The zero-order valence-electron chi connectivity index (χ0n) is 9.32. The first-order valence-corrected chi connectivity index (χ1v) is 5.15. The molecule has 1 N–H and O–H groups in total. The number of Topliss-reactive ketones (excluding diaryl/α,β-unsaturated/α-hetero) is 1. The van der Waals surface area contributed by atoms with Gasteiger partial charge in [-0.05, 0) is 13.0 Å². The number of rotatable bonds is 5. The summed E-state index contributed by atoms with van der Waals surface area (Å²) in [6.45, 7) is 4.25. The summed E-state index contributed by atoms with van der Waals surface area (Å²) in [6.07, 6.45) is 0.385. The first-order valence-electron chi connectivity index (χ1n) is 5.15. The molecule has 0 fully saturated rings. The minimum Gasteiger partial charge on any atom is -0.385 e. The smallest absolute Gasteiger partial charge is 0.271 e. The highest BCUT2D eigenvalue weighted by Gasteiger charge is 2.14. The Balaban J connectivity index is 3.18. The zero-order chi connectivity index (χ0) is 12.1. The molecule has 86 valence electrons.